The van der Waals surface area contributed by atoms with Crippen molar-refractivity contribution in [1.82, 2.24) is 14.9 Å². The number of ketones is 1. The number of nitrogens with one attached hydrogen (secondary N) is 1. The SMILES string of the molecule is Cc1nc2cccc(CCCC(=O)c3ccccc3)c2c(=O)n1C1CCC(=O)NC1=O.[HH]. The van der Waals surface area contributed by atoms with Gasteiger partial charge in [-0.15, -0.1) is 0 Å². The first-order chi connectivity index (χ1) is 15.0. The molecule has 1 atom stereocenters. The Morgan fingerprint density at radius 1 is 1.13 bits per heavy atom. The Hall–Kier alpha value is -3.61. The third-order valence-electron chi connectivity index (χ3n) is 5.66. The fourth-order valence-corrected chi connectivity index (χ4v) is 4.13. The first kappa shape index (κ1) is 20.7. The van der Waals surface area contributed by atoms with E-state index in [1.165, 1.54) is 4.57 Å². The van der Waals surface area contributed by atoms with Gasteiger partial charge in [0, 0.05) is 19.8 Å². The van der Waals surface area contributed by atoms with Crippen LogP contribution in [-0.2, 0) is 16.0 Å². The van der Waals surface area contributed by atoms with Gasteiger partial charge in [0.2, 0.25) is 11.8 Å². The number of rotatable bonds is 6. The van der Waals surface area contributed by atoms with E-state index in [-0.39, 0.29) is 31.5 Å². The molecule has 1 fully saturated rings. The number of benzene rings is 2. The largest absolute Gasteiger partial charge is 0.295 e. The van der Waals surface area contributed by atoms with Crippen molar-refractivity contribution in [3.63, 3.8) is 0 Å². The number of hydrogen-bond donors (Lipinski definition) is 1. The van der Waals surface area contributed by atoms with Crippen LogP contribution in [0.1, 0.15) is 54.9 Å². The van der Waals surface area contributed by atoms with Crippen LogP contribution in [0.4, 0.5) is 0 Å². The molecule has 1 aliphatic rings. The highest BCUT2D eigenvalue weighted by molar-refractivity contribution is 5.99. The van der Waals surface area contributed by atoms with E-state index in [2.05, 4.69) is 10.3 Å². The molecule has 2 aromatic carbocycles. The Labute approximate surface area is 180 Å². The topological polar surface area (TPSA) is 98.1 Å². The molecule has 3 aromatic rings. The van der Waals surface area contributed by atoms with Crippen LogP contribution in [0.15, 0.2) is 53.3 Å². The summed E-state index contributed by atoms with van der Waals surface area (Å²) in [5, 5.41) is 2.77. The highest BCUT2D eigenvalue weighted by Gasteiger charge is 2.30. The van der Waals surface area contributed by atoms with E-state index in [4.69, 9.17) is 0 Å². The lowest BCUT2D eigenvalue weighted by atomic mass is 9.99. The van der Waals surface area contributed by atoms with Gasteiger partial charge < -0.3 is 0 Å². The lowest BCUT2D eigenvalue weighted by Gasteiger charge is -2.24. The van der Waals surface area contributed by atoms with Crippen molar-refractivity contribution in [2.24, 2.45) is 0 Å². The molecule has 1 saturated heterocycles. The van der Waals surface area contributed by atoms with Crippen LogP contribution >= 0.6 is 0 Å². The molecule has 0 aliphatic carbocycles. The zero-order valence-corrected chi connectivity index (χ0v) is 17.3. The molecule has 1 aliphatic heterocycles. The molecule has 0 radical (unpaired) electrons. The highest BCUT2D eigenvalue weighted by Crippen LogP contribution is 2.22. The molecule has 31 heavy (non-hydrogen) atoms. The lowest BCUT2D eigenvalue weighted by Crippen LogP contribution is -2.45. The van der Waals surface area contributed by atoms with Crippen molar-refractivity contribution in [2.75, 3.05) is 0 Å². The summed E-state index contributed by atoms with van der Waals surface area (Å²) in [5.41, 5.74) is 1.76. The first-order valence-electron chi connectivity index (χ1n) is 10.4. The summed E-state index contributed by atoms with van der Waals surface area (Å²) in [7, 11) is 0. The molecule has 7 heteroatoms. The summed E-state index contributed by atoms with van der Waals surface area (Å²) in [4.78, 5) is 54.2. The maximum Gasteiger partial charge on any atom is 0.262 e. The smallest absolute Gasteiger partial charge is 0.262 e. The van der Waals surface area contributed by atoms with E-state index in [1.54, 1.807) is 25.1 Å². The minimum atomic E-state index is -0.755. The van der Waals surface area contributed by atoms with Crippen LogP contribution in [-0.4, -0.2) is 27.1 Å². The van der Waals surface area contributed by atoms with E-state index in [1.807, 2.05) is 30.3 Å². The monoisotopic (exact) mass is 419 g/mol. The number of nitrogens with zero attached hydrogens (tertiary/aromatic N) is 2. The number of imide groups is 1. The third-order valence-corrected chi connectivity index (χ3v) is 5.66. The third kappa shape index (κ3) is 4.17. The molecule has 4 rings (SSSR count). The second kappa shape index (κ2) is 8.63. The number of aromatic nitrogens is 2. The molecule has 2 amide bonds. The van der Waals surface area contributed by atoms with Gasteiger partial charge in [-0.2, -0.15) is 0 Å². The second-order valence-electron chi connectivity index (χ2n) is 7.76. The minimum absolute atomic E-state index is 0. The average Bonchev–Trinajstić information content (AvgIpc) is 2.75. The van der Waals surface area contributed by atoms with Gasteiger partial charge in [0.05, 0.1) is 10.9 Å². The number of aryl methyl sites for hydroxylation is 2. The second-order valence-corrected chi connectivity index (χ2v) is 7.76. The zero-order valence-electron chi connectivity index (χ0n) is 17.3. The van der Waals surface area contributed by atoms with Gasteiger partial charge in [-0.3, -0.25) is 29.1 Å². The molecule has 160 valence electrons. The standard InChI is InChI=1S/C24H23N3O4.H2/c1-15-25-18-11-5-9-17(10-6-12-20(28)16-7-3-2-4-8-16)22(18)24(31)27(15)19-13-14-21(29)26-23(19)30;/h2-5,7-9,11,19H,6,10,12-14H2,1H3,(H,26,29,30);1H. The fourth-order valence-electron chi connectivity index (χ4n) is 4.13. The van der Waals surface area contributed by atoms with Crippen LogP contribution in [0.3, 0.4) is 0 Å². The summed E-state index contributed by atoms with van der Waals surface area (Å²) in [5.74, 6) is -0.308. The quantitative estimate of drug-likeness (QED) is 0.489. The summed E-state index contributed by atoms with van der Waals surface area (Å²) >= 11 is 0. The van der Waals surface area contributed by atoms with E-state index >= 15 is 0 Å². The maximum atomic E-state index is 13.4. The van der Waals surface area contributed by atoms with E-state index < -0.39 is 11.9 Å². The molecule has 2 heterocycles. The Bertz CT molecular complexity index is 1240. The Morgan fingerprint density at radius 2 is 1.90 bits per heavy atom. The number of piperidine rings is 1. The minimum Gasteiger partial charge on any atom is -0.295 e. The predicted octanol–water partition coefficient (Wildman–Crippen LogP) is 3.13. The van der Waals surface area contributed by atoms with Crippen molar-refractivity contribution < 1.29 is 15.8 Å². The van der Waals surface area contributed by atoms with Crippen LogP contribution in [0, 0.1) is 6.92 Å². The van der Waals surface area contributed by atoms with Crippen molar-refractivity contribution in [3.8, 4) is 0 Å². The summed E-state index contributed by atoms with van der Waals surface area (Å²) < 4.78 is 1.39. The van der Waals surface area contributed by atoms with Gasteiger partial charge in [-0.05, 0) is 37.8 Å². The number of carbonyl (C=O) groups is 3. The van der Waals surface area contributed by atoms with Crippen molar-refractivity contribution >= 4 is 28.5 Å². The Morgan fingerprint density at radius 3 is 2.65 bits per heavy atom. The van der Waals surface area contributed by atoms with Crippen LogP contribution in [0.2, 0.25) is 0 Å². The fraction of sp³-hybridized carbons (Fsp3) is 0.292. The number of hydrogen-bond acceptors (Lipinski definition) is 5. The number of amides is 2. The number of fused-ring (bicyclic) bond motifs is 1. The molecule has 1 unspecified atom stereocenters. The highest BCUT2D eigenvalue weighted by atomic mass is 16.2. The lowest BCUT2D eigenvalue weighted by molar-refractivity contribution is -0.135. The summed E-state index contributed by atoms with van der Waals surface area (Å²) in [6, 6.07) is 13.9. The van der Waals surface area contributed by atoms with Crippen molar-refractivity contribution in [2.45, 2.75) is 45.1 Å². The Kier molecular flexibility index (Phi) is 5.75. The van der Waals surface area contributed by atoms with Crippen LogP contribution in [0.5, 0.6) is 0 Å². The molecule has 0 spiro atoms. The Balaban J connectivity index is 0.00000289. The summed E-state index contributed by atoms with van der Waals surface area (Å²) in [6.45, 7) is 1.69. The first-order valence-corrected chi connectivity index (χ1v) is 10.4. The molecule has 0 bridgehead atoms. The van der Waals surface area contributed by atoms with Gasteiger partial charge in [0.1, 0.15) is 11.9 Å². The predicted molar refractivity (Wildman–Crippen MR) is 118 cm³/mol. The van der Waals surface area contributed by atoms with E-state index in [9.17, 15) is 19.2 Å². The van der Waals surface area contributed by atoms with Gasteiger partial charge in [-0.25, -0.2) is 4.98 Å². The molecular formula is C24H25N3O4. The zero-order chi connectivity index (χ0) is 22.0. The summed E-state index contributed by atoms with van der Waals surface area (Å²) in [6.07, 6.45) is 1.97. The van der Waals surface area contributed by atoms with Crippen LogP contribution in [0.25, 0.3) is 10.9 Å². The molecular weight excluding hydrogens is 394 g/mol. The van der Waals surface area contributed by atoms with Gasteiger partial charge >= 0.3 is 0 Å². The number of Topliss-reactive ketones (excluding diaryl/α,β-unsaturated/α-hetero) is 1. The normalized spacial score (nSPS) is 16.4. The average molecular weight is 419 g/mol. The van der Waals surface area contributed by atoms with Gasteiger partial charge in [0.25, 0.3) is 5.56 Å². The van der Waals surface area contributed by atoms with E-state index in [0.29, 0.717) is 41.6 Å². The van der Waals surface area contributed by atoms with Crippen LogP contribution < -0.4 is 10.9 Å². The maximum absolute atomic E-state index is 13.4. The van der Waals surface area contributed by atoms with Crippen molar-refractivity contribution in [1.29, 1.82) is 0 Å². The number of carbonyl (C=O) groups excluding carboxylic acids is 3. The molecule has 0 saturated carbocycles. The van der Waals surface area contributed by atoms with Gasteiger partial charge in [0.15, 0.2) is 5.78 Å². The molecule has 7 nitrogen and oxygen atoms in total. The molecule has 1 N–H and O–H groups in total. The van der Waals surface area contributed by atoms with Gasteiger partial charge in [-0.1, -0.05) is 42.5 Å². The van der Waals surface area contributed by atoms with E-state index in [0.717, 1.165) is 5.56 Å². The van der Waals surface area contributed by atoms with Crippen molar-refractivity contribution in [3.05, 3.63) is 75.8 Å². The molecule has 1 aromatic heterocycles.